The van der Waals surface area contributed by atoms with Gasteiger partial charge in [-0.15, -0.1) is 0 Å². The number of H-pyrrole nitrogens is 1. The van der Waals surface area contributed by atoms with Crippen molar-refractivity contribution in [2.75, 3.05) is 62.7 Å². The molecule has 6 heterocycles. The number of carbonyl (C=O) groups is 2. The van der Waals surface area contributed by atoms with Crippen molar-refractivity contribution in [2.45, 2.75) is 37.4 Å². The number of piperidine rings is 1. The van der Waals surface area contributed by atoms with Crippen molar-refractivity contribution in [1.29, 1.82) is 0 Å². The molecule has 3 aromatic rings. The van der Waals surface area contributed by atoms with Gasteiger partial charge in [0, 0.05) is 45.6 Å². The molecule has 2 unspecified atom stereocenters. The number of ether oxygens (including phenoxy) is 3. The Balaban J connectivity index is 0.914. The van der Waals surface area contributed by atoms with Gasteiger partial charge >= 0.3 is 6.09 Å². The van der Waals surface area contributed by atoms with E-state index < -0.39 is 23.3 Å². The number of carbonyl (C=O) groups excluding carboxylic acids is 2. The molecule has 2 aromatic heterocycles. The second kappa shape index (κ2) is 10.1. The van der Waals surface area contributed by atoms with Gasteiger partial charge in [0.05, 0.1) is 19.3 Å². The highest BCUT2D eigenvalue weighted by Crippen LogP contribution is 2.39. The summed E-state index contributed by atoms with van der Waals surface area (Å²) in [5.74, 6) is -0.0560. The van der Waals surface area contributed by atoms with E-state index in [1.165, 1.54) is 11.1 Å². The SMILES string of the molecule is O=C1COc2ncc(N3CC4(CCN(CC5Cc6c(c(F)c7[nH]c(C8CNCCO8)nc7c6F)C5)CC4)OC3=O)nc2N1. The normalized spacial score (nSPS) is 23.8. The largest absolute Gasteiger partial charge is 0.465 e. The van der Waals surface area contributed by atoms with Gasteiger partial charge < -0.3 is 34.7 Å². The smallest absolute Gasteiger partial charge is 0.416 e. The lowest BCUT2D eigenvalue weighted by Gasteiger charge is -2.38. The van der Waals surface area contributed by atoms with E-state index in [1.807, 2.05) is 0 Å². The van der Waals surface area contributed by atoms with E-state index in [4.69, 9.17) is 14.2 Å². The fraction of sp³-hybridized carbons (Fsp3) is 0.536. The standard InChI is InChI=1S/C28H30F2N8O5/c29-20-15-7-14(8-16(15)21(30)23-22(20)35-24(36-23)17-9-31-3-6-41-17)11-37-4-1-28(2-5-37)13-38(27(40)43-28)18-10-32-26-25(33-18)34-19(39)12-42-26/h10,14,17,31H,1-9,11-13H2,(H,35,36)(H,33,34,39). The van der Waals surface area contributed by atoms with Gasteiger partial charge in [-0.3, -0.25) is 9.69 Å². The first-order valence-corrected chi connectivity index (χ1v) is 14.6. The Hall–Kier alpha value is -3.95. The average Bonchev–Trinajstić information content (AvgIpc) is 3.74. The van der Waals surface area contributed by atoms with Gasteiger partial charge in [-0.25, -0.2) is 28.5 Å². The van der Waals surface area contributed by atoms with Crippen molar-refractivity contribution in [3.63, 3.8) is 0 Å². The summed E-state index contributed by atoms with van der Waals surface area (Å²) in [6, 6.07) is 0. The quantitative estimate of drug-likeness (QED) is 0.408. The molecular formula is C28H30F2N8O5. The number of imidazole rings is 1. The first-order valence-electron chi connectivity index (χ1n) is 14.6. The Kier molecular flexibility index (Phi) is 6.24. The molecule has 3 saturated heterocycles. The number of nitrogens with zero attached hydrogens (tertiary/aromatic N) is 5. The zero-order valence-corrected chi connectivity index (χ0v) is 23.3. The Morgan fingerprint density at radius 3 is 2.70 bits per heavy atom. The summed E-state index contributed by atoms with van der Waals surface area (Å²) in [5, 5.41) is 5.81. The highest BCUT2D eigenvalue weighted by molar-refractivity contribution is 5.95. The molecule has 2 atom stereocenters. The van der Waals surface area contributed by atoms with Crippen LogP contribution in [0.5, 0.6) is 5.88 Å². The number of rotatable bonds is 4. The van der Waals surface area contributed by atoms with Crippen LogP contribution in [0.2, 0.25) is 0 Å². The maximum Gasteiger partial charge on any atom is 0.416 e. The van der Waals surface area contributed by atoms with E-state index in [9.17, 15) is 9.59 Å². The topological polar surface area (TPSA) is 147 Å². The van der Waals surface area contributed by atoms with Gasteiger partial charge in [0.1, 0.15) is 28.6 Å². The molecule has 5 aliphatic rings. The number of fused-ring (bicyclic) bond motifs is 3. The van der Waals surface area contributed by atoms with Crippen LogP contribution in [0.4, 0.5) is 25.2 Å². The van der Waals surface area contributed by atoms with Gasteiger partial charge in [-0.05, 0) is 29.9 Å². The number of aromatic amines is 1. The monoisotopic (exact) mass is 596 g/mol. The first-order chi connectivity index (χ1) is 20.9. The molecule has 226 valence electrons. The fourth-order valence-electron chi connectivity index (χ4n) is 6.92. The number of halogens is 2. The Morgan fingerprint density at radius 1 is 1.09 bits per heavy atom. The predicted molar refractivity (Wildman–Crippen MR) is 147 cm³/mol. The number of likely N-dealkylation sites (tertiary alicyclic amines) is 1. The second-order valence-electron chi connectivity index (χ2n) is 11.9. The average molecular weight is 597 g/mol. The number of hydrogen-bond donors (Lipinski definition) is 3. The summed E-state index contributed by atoms with van der Waals surface area (Å²) < 4.78 is 48.0. The lowest BCUT2D eigenvalue weighted by molar-refractivity contribution is -0.118. The molecular weight excluding hydrogens is 566 g/mol. The summed E-state index contributed by atoms with van der Waals surface area (Å²) in [4.78, 5) is 44.1. The highest BCUT2D eigenvalue weighted by atomic mass is 19.1. The summed E-state index contributed by atoms with van der Waals surface area (Å²) >= 11 is 0. The van der Waals surface area contributed by atoms with Crippen molar-refractivity contribution in [3.05, 3.63) is 34.8 Å². The Bertz CT molecular complexity index is 1590. The van der Waals surface area contributed by atoms with E-state index in [0.29, 0.717) is 82.0 Å². The Labute approximate surface area is 244 Å². The maximum atomic E-state index is 15.6. The molecule has 1 spiro atoms. The summed E-state index contributed by atoms with van der Waals surface area (Å²) in [5.41, 5.74) is 0.313. The Morgan fingerprint density at radius 2 is 1.91 bits per heavy atom. The van der Waals surface area contributed by atoms with Crippen LogP contribution in [-0.4, -0.2) is 94.9 Å². The van der Waals surface area contributed by atoms with Crippen LogP contribution in [0.15, 0.2) is 6.20 Å². The molecule has 4 aliphatic heterocycles. The molecule has 3 N–H and O–H groups in total. The van der Waals surface area contributed by atoms with E-state index in [1.54, 1.807) is 0 Å². The van der Waals surface area contributed by atoms with Crippen LogP contribution in [0, 0.1) is 17.6 Å². The van der Waals surface area contributed by atoms with Crippen molar-refractivity contribution < 1.29 is 32.6 Å². The molecule has 8 rings (SSSR count). The molecule has 15 heteroatoms. The molecule has 0 bridgehead atoms. The molecule has 3 fully saturated rings. The minimum atomic E-state index is -0.665. The van der Waals surface area contributed by atoms with E-state index >= 15 is 8.78 Å². The molecule has 2 amide bonds. The van der Waals surface area contributed by atoms with E-state index in [0.717, 1.165) is 6.54 Å². The predicted octanol–water partition coefficient (Wildman–Crippen LogP) is 1.83. The molecule has 13 nitrogen and oxygen atoms in total. The van der Waals surface area contributed by atoms with Gasteiger partial charge in [0.2, 0.25) is 0 Å². The first kappa shape index (κ1) is 26.7. The molecule has 1 aromatic carbocycles. The van der Waals surface area contributed by atoms with Gasteiger partial charge in [0.25, 0.3) is 11.8 Å². The third kappa shape index (κ3) is 4.57. The fourth-order valence-corrected chi connectivity index (χ4v) is 6.92. The third-order valence-corrected chi connectivity index (χ3v) is 9.12. The number of nitrogens with one attached hydrogen (secondary N) is 3. The lowest BCUT2D eigenvalue weighted by Crippen LogP contribution is -2.48. The minimum Gasteiger partial charge on any atom is -0.465 e. The zero-order valence-electron chi connectivity index (χ0n) is 23.3. The van der Waals surface area contributed by atoms with Crippen LogP contribution >= 0.6 is 0 Å². The van der Waals surface area contributed by atoms with Gasteiger partial charge in [-0.2, -0.15) is 0 Å². The number of amides is 2. The van der Waals surface area contributed by atoms with Crippen molar-refractivity contribution in [3.8, 4) is 5.88 Å². The number of morpholine rings is 1. The number of hydrogen-bond acceptors (Lipinski definition) is 10. The van der Waals surface area contributed by atoms with Crippen LogP contribution in [0.1, 0.15) is 35.9 Å². The van der Waals surface area contributed by atoms with Gasteiger partial charge in [-0.1, -0.05) is 0 Å². The van der Waals surface area contributed by atoms with Crippen molar-refractivity contribution >= 4 is 34.7 Å². The minimum absolute atomic E-state index is 0.0344. The number of benzene rings is 1. The van der Waals surface area contributed by atoms with Crippen LogP contribution in [0.25, 0.3) is 11.0 Å². The summed E-state index contributed by atoms with van der Waals surface area (Å²) in [6.07, 6.45) is 2.68. The van der Waals surface area contributed by atoms with Crippen molar-refractivity contribution in [1.82, 2.24) is 30.2 Å². The lowest BCUT2D eigenvalue weighted by atomic mass is 9.90. The molecule has 1 aliphatic carbocycles. The van der Waals surface area contributed by atoms with Crippen LogP contribution in [-0.2, 0) is 27.1 Å². The zero-order chi connectivity index (χ0) is 29.3. The van der Waals surface area contributed by atoms with E-state index in [2.05, 4.69) is 35.5 Å². The molecule has 0 radical (unpaired) electrons. The molecule has 43 heavy (non-hydrogen) atoms. The summed E-state index contributed by atoms with van der Waals surface area (Å²) in [6.45, 7) is 4.02. The number of aromatic nitrogens is 4. The van der Waals surface area contributed by atoms with E-state index in [-0.39, 0.29) is 53.1 Å². The van der Waals surface area contributed by atoms with Crippen LogP contribution in [0.3, 0.4) is 0 Å². The third-order valence-electron chi connectivity index (χ3n) is 9.12. The second-order valence-corrected chi connectivity index (χ2v) is 11.9. The van der Waals surface area contributed by atoms with Crippen LogP contribution < -0.4 is 20.3 Å². The summed E-state index contributed by atoms with van der Waals surface area (Å²) in [7, 11) is 0. The maximum absolute atomic E-state index is 15.6. The number of anilines is 2. The van der Waals surface area contributed by atoms with Gasteiger partial charge in [0.15, 0.2) is 29.9 Å². The highest BCUT2D eigenvalue weighted by Gasteiger charge is 2.48. The molecule has 0 saturated carbocycles. The van der Waals surface area contributed by atoms with Crippen molar-refractivity contribution in [2.24, 2.45) is 5.92 Å².